The van der Waals surface area contributed by atoms with Crippen LogP contribution in [0.1, 0.15) is 51.9 Å². The molecule has 0 bridgehead atoms. The summed E-state index contributed by atoms with van der Waals surface area (Å²) in [5.41, 5.74) is 5.97. The molecule has 0 amide bonds. The number of ether oxygens (including phenoxy) is 1. The lowest BCUT2D eigenvalue weighted by Crippen LogP contribution is -2.35. The van der Waals surface area contributed by atoms with Crippen molar-refractivity contribution >= 4 is 17.6 Å². The Labute approximate surface area is 189 Å². The summed E-state index contributed by atoms with van der Waals surface area (Å²) in [4.78, 5) is 15.8. The zero-order valence-electron chi connectivity index (χ0n) is 18.8. The third kappa shape index (κ3) is 5.97. The molecule has 2 heterocycles. The Morgan fingerprint density at radius 2 is 1.78 bits per heavy atom. The summed E-state index contributed by atoms with van der Waals surface area (Å²) in [6.45, 7) is 5.89. The fourth-order valence-electron chi connectivity index (χ4n) is 4.64. The average molecular weight is 444 g/mol. The molecule has 1 aliphatic heterocycles. The van der Waals surface area contributed by atoms with Gasteiger partial charge in [-0.25, -0.2) is 4.39 Å². The fraction of sp³-hybridized carbons (Fsp3) is 0.609. The molecule has 1 aromatic carbocycles. The molecular formula is C23H34FN7O. The smallest absolute Gasteiger partial charge is 0.328 e. The van der Waals surface area contributed by atoms with Crippen molar-refractivity contribution in [1.82, 2.24) is 19.9 Å². The van der Waals surface area contributed by atoms with Gasteiger partial charge in [-0.15, -0.1) is 0 Å². The number of nitrogens with zero attached hydrogens (tertiary/aromatic N) is 4. The first-order valence-electron chi connectivity index (χ1n) is 11.8. The second-order valence-electron chi connectivity index (χ2n) is 8.75. The van der Waals surface area contributed by atoms with Gasteiger partial charge in [-0.05, 0) is 56.8 Å². The molecule has 1 aliphatic carbocycles. The van der Waals surface area contributed by atoms with E-state index in [1.165, 1.54) is 50.7 Å². The van der Waals surface area contributed by atoms with Gasteiger partial charge in [0.25, 0.3) is 0 Å². The number of benzene rings is 1. The van der Waals surface area contributed by atoms with E-state index in [0.29, 0.717) is 29.5 Å². The van der Waals surface area contributed by atoms with Gasteiger partial charge in [-0.3, -0.25) is 4.90 Å². The van der Waals surface area contributed by atoms with Crippen LogP contribution in [0, 0.1) is 11.7 Å². The van der Waals surface area contributed by atoms with Gasteiger partial charge in [0.2, 0.25) is 11.9 Å². The maximum atomic E-state index is 14.2. The number of likely N-dealkylation sites (tertiary alicyclic amines) is 1. The summed E-state index contributed by atoms with van der Waals surface area (Å²) in [7, 11) is 0. The van der Waals surface area contributed by atoms with Gasteiger partial charge in [0.1, 0.15) is 0 Å². The molecule has 1 atom stereocenters. The van der Waals surface area contributed by atoms with E-state index in [1.807, 2.05) is 0 Å². The highest BCUT2D eigenvalue weighted by atomic mass is 19.1. The van der Waals surface area contributed by atoms with Gasteiger partial charge in [-0.1, -0.05) is 26.2 Å². The largest absolute Gasteiger partial charge is 0.421 e. The van der Waals surface area contributed by atoms with E-state index in [-0.39, 0.29) is 11.8 Å². The van der Waals surface area contributed by atoms with Crippen molar-refractivity contribution in [3.8, 4) is 11.8 Å². The summed E-state index contributed by atoms with van der Waals surface area (Å²) >= 11 is 0. The van der Waals surface area contributed by atoms with Crippen molar-refractivity contribution in [2.75, 3.05) is 42.5 Å². The third-order valence-electron chi connectivity index (χ3n) is 6.45. The summed E-state index contributed by atoms with van der Waals surface area (Å²) < 4.78 is 19.9. The van der Waals surface area contributed by atoms with E-state index >= 15 is 0 Å². The van der Waals surface area contributed by atoms with Crippen LogP contribution in [0.3, 0.4) is 0 Å². The second-order valence-corrected chi connectivity index (χ2v) is 8.75. The number of aromatic nitrogens is 3. The van der Waals surface area contributed by atoms with E-state index < -0.39 is 5.82 Å². The lowest BCUT2D eigenvalue weighted by atomic mass is 9.89. The van der Waals surface area contributed by atoms with Gasteiger partial charge < -0.3 is 21.1 Å². The van der Waals surface area contributed by atoms with Gasteiger partial charge in [0.15, 0.2) is 11.6 Å². The molecule has 2 fully saturated rings. The Morgan fingerprint density at radius 3 is 2.50 bits per heavy atom. The van der Waals surface area contributed by atoms with Crippen molar-refractivity contribution in [1.29, 1.82) is 0 Å². The minimum Gasteiger partial charge on any atom is -0.421 e. The van der Waals surface area contributed by atoms with Gasteiger partial charge in [0.05, 0.1) is 0 Å². The van der Waals surface area contributed by atoms with Crippen LogP contribution in [0.4, 0.5) is 22.0 Å². The number of nitrogens with one attached hydrogen (secondary N) is 2. The first-order valence-corrected chi connectivity index (χ1v) is 11.8. The molecule has 1 unspecified atom stereocenters. The van der Waals surface area contributed by atoms with Gasteiger partial charge in [0, 0.05) is 30.9 Å². The number of anilines is 3. The Hall–Kier alpha value is -2.68. The number of rotatable bonds is 9. The van der Waals surface area contributed by atoms with Crippen LogP contribution < -0.4 is 21.1 Å². The van der Waals surface area contributed by atoms with Crippen LogP contribution in [0.2, 0.25) is 0 Å². The minimum atomic E-state index is -0.554. The molecule has 1 saturated heterocycles. The highest BCUT2D eigenvalue weighted by Crippen LogP contribution is 2.26. The number of halogens is 1. The van der Waals surface area contributed by atoms with Crippen molar-refractivity contribution in [3.05, 3.63) is 24.0 Å². The molecule has 4 rings (SSSR count). The van der Waals surface area contributed by atoms with Crippen LogP contribution in [0.15, 0.2) is 18.2 Å². The molecular weight excluding hydrogens is 409 g/mol. The Bertz CT molecular complexity index is 891. The zero-order chi connectivity index (χ0) is 22.3. The number of hydrogen-bond acceptors (Lipinski definition) is 8. The van der Waals surface area contributed by atoms with Crippen LogP contribution >= 0.6 is 0 Å². The Morgan fingerprint density at radius 1 is 1.03 bits per heavy atom. The zero-order valence-corrected chi connectivity index (χ0v) is 18.8. The quantitative estimate of drug-likeness (QED) is 0.494. The third-order valence-corrected chi connectivity index (χ3v) is 6.45. The summed E-state index contributed by atoms with van der Waals surface area (Å²) in [5.74, 6) is 0.966. The SMILES string of the molecule is CCN1CCCC1CNc1nc(NCC2CCCCC2)nc(Oc2ccc(N)cc2F)n1. The summed E-state index contributed by atoms with van der Waals surface area (Å²) in [6, 6.07) is 4.79. The van der Waals surface area contributed by atoms with E-state index in [2.05, 4.69) is 37.4 Å². The standard InChI is InChI=1S/C23H34FN7O/c1-2-31-12-6-9-18(31)15-27-22-28-21(26-14-16-7-4-3-5-8-16)29-23(30-22)32-20-11-10-17(25)13-19(20)24/h10-11,13,16,18H,2-9,12,14-15,25H2,1H3,(H2,26,27,28,29,30). The first-order chi connectivity index (χ1) is 15.6. The average Bonchev–Trinajstić information content (AvgIpc) is 3.26. The first kappa shape index (κ1) is 22.5. The molecule has 0 radical (unpaired) electrons. The second kappa shape index (κ2) is 10.8. The van der Waals surface area contributed by atoms with E-state index in [1.54, 1.807) is 6.07 Å². The fourth-order valence-corrected chi connectivity index (χ4v) is 4.64. The lowest BCUT2D eigenvalue weighted by Gasteiger charge is -2.23. The molecule has 4 N–H and O–H groups in total. The maximum Gasteiger partial charge on any atom is 0.328 e. The minimum absolute atomic E-state index is 0.0301. The van der Waals surface area contributed by atoms with Crippen LogP contribution in [-0.4, -0.2) is 52.1 Å². The van der Waals surface area contributed by atoms with Crippen molar-refractivity contribution < 1.29 is 9.13 Å². The molecule has 2 aliphatic rings. The van der Waals surface area contributed by atoms with Gasteiger partial charge in [-0.2, -0.15) is 15.0 Å². The van der Waals surface area contributed by atoms with Gasteiger partial charge >= 0.3 is 6.01 Å². The highest BCUT2D eigenvalue weighted by molar-refractivity contribution is 5.44. The lowest BCUT2D eigenvalue weighted by molar-refractivity contribution is 0.276. The topological polar surface area (TPSA) is 101 Å². The van der Waals surface area contributed by atoms with E-state index in [4.69, 9.17) is 10.5 Å². The Kier molecular flexibility index (Phi) is 7.57. The van der Waals surface area contributed by atoms with E-state index in [9.17, 15) is 4.39 Å². The number of nitrogens with two attached hydrogens (primary N) is 1. The predicted molar refractivity (Wildman–Crippen MR) is 125 cm³/mol. The highest BCUT2D eigenvalue weighted by Gasteiger charge is 2.23. The molecule has 32 heavy (non-hydrogen) atoms. The number of nitrogen functional groups attached to an aromatic ring is 1. The van der Waals surface area contributed by atoms with Crippen LogP contribution in [0.25, 0.3) is 0 Å². The molecule has 1 aromatic heterocycles. The van der Waals surface area contributed by atoms with Crippen molar-refractivity contribution in [3.63, 3.8) is 0 Å². The van der Waals surface area contributed by atoms with Crippen LogP contribution in [0.5, 0.6) is 11.8 Å². The normalized spacial score (nSPS) is 19.8. The number of hydrogen-bond donors (Lipinski definition) is 3. The molecule has 174 valence electrons. The molecule has 1 saturated carbocycles. The molecule has 9 heteroatoms. The van der Waals surface area contributed by atoms with E-state index in [0.717, 1.165) is 32.6 Å². The van der Waals surface area contributed by atoms with Crippen LogP contribution in [-0.2, 0) is 0 Å². The molecule has 8 nitrogen and oxygen atoms in total. The predicted octanol–water partition coefficient (Wildman–Crippen LogP) is 4.27. The molecule has 0 spiro atoms. The van der Waals surface area contributed by atoms with Crippen molar-refractivity contribution in [2.24, 2.45) is 5.92 Å². The maximum absolute atomic E-state index is 14.2. The number of likely N-dealkylation sites (N-methyl/N-ethyl adjacent to an activating group) is 1. The van der Waals surface area contributed by atoms with Crippen molar-refractivity contribution in [2.45, 2.75) is 57.9 Å². The Balaban J connectivity index is 1.48. The molecule has 2 aromatic rings. The summed E-state index contributed by atoms with van der Waals surface area (Å²) in [5, 5.41) is 6.69. The monoisotopic (exact) mass is 443 g/mol. The summed E-state index contributed by atoms with van der Waals surface area (Å²) in [6.07, 6.45) is 8.66.